The Hall–Kier alpha value is -1.14. The zero-order chi connectivity index (χ0) is 13.4. The van der Waals surface area contributed by atoms with Crippen LogP contribution in [0.4, 0.5) is 0 Å². The fourth-order valence-electron chi connectivity index (χ4n) is 1.95. The van der Waals surface area contributed by atoms with Crippen LogP contribution in [-0.4, -0.2) is 27.8 Å². The Balaban J connectivity index is 2.64. The van der Waals surface area contributed by atoms with E-state index in [-0.39, 0.29) is 10.7 Å². The van der Waals surface area contributed by atoms with E-state index in [0.29, 0.717) is 12.0 Å². The van der Waals surface area contributed by atoms with Gasteiger partial charge in [0.15, 0.2) is 19.7 Å². The van der Waals surface area contributed by atoms with Gasteiger partial charge in [0.25, 0.3) is 0 Å². The van der Waals surface area contributed by atoms with Crippen molar-refractivity contribution in [2.75, 3.05) is 5.75 Å². The third-order valence-electron chi connectivity index (χ3n) is 2.99. The van der Waals surface area contributed by atoms with E-state index in [1.165, 1.54) is 0 Å². The lowest BCUT2D eigenvalue weighted by Gasteiger charge is -2.21. The lowest BCUT2D eigenvalue weighted by atomic mass is 10.2. The number of sulfone groups is 2. The van der Waals surface area contributed by atoms with Crippen LogP contribution in [0, 0.1) is 0 Å². The average Bonchev–Trinajstić information content (AvgIpc) is 2.33. The van der Waals surface area contributed by atoms with Gasteiger partial charge in [-0.1, -0.05) is 37.3 Å². The van der Waals surface area contributed by atoms with Gasteiger partial charge in [0, 0.05) is 0 Å². The molecule has 1 aliphatic rings. The number of rotatable bonds is 2. The van der Waals surface area contributed by atoms with E-state index in [9.17, 15) is 16.8 Å². The zero-order valence-corrected chi connectivity index (χ0v) is 11.5. The summed E-state index contributed by atoms with van der Waals surface area (Å²) in [7, 11) is -7.01. The maximum Gasteiger partial charge on any atom is 0.180 e. The van der Waals surface area contributed by atoms with Crippen LogP contribution in [0.15, 0.2) is 35.7 Å². The van der Waals surface area contributed by atoms with E-state index in [1.54, 1.807) is 37.3 Å². The smallest absolute Gasteiger partial charge is 0.180 e. The normalized spacial score (nSPS) is 25.4. The molecule has 4 nitrogen and oxygen atoms in total. The Labute approximate surface area is 107 Å². The standard InChI is InChI=1S/C12H14O4S2/c1-2-11-8-18(15,16)12(9-17(11,13)14)10-6-4-3-5-7-10/h3-7,9,11H,2,8H2,1H3. The summed E-state index contributed by atoms with van der Waals surface area (Å²) in [5.74, 6) is -0.327. The van der Waals surface area contributed by atoms with Crippen molar-refractivity contribution in [3.8, 4) is 0 Å². The molecule has 18 heavy (non-hydrogen) atoms. The minimum atomic E-state index is -3.53. The third-order valence-corrected chi connectivity index (χ3v) is 7.21. The minimum absolute atomic E-state index is 0.0900. The first-order valence-electron chi connectivity index (χ1n) is 5.60. The van der Waals surface area contributed by atoms with Crippen molar-refractivity contribution in [2.24, 2.45) is 0 Å². The second-order valence-electron chi connectivity index (χ2n) is 4.25. The van der Waals surface area contributed by atoms with Crippen LogP contribution in [-0.2, 0) is 19.7 Å². The zero-order valence-electron chi connectivity index (χ0n) is 9.91. The van der Waals surface area contributed by atoms with Gasteiger partial charge in [-0.25, -0.2) is 16.8 Å². The topological polar surface area (TPSA) is 68.3 Å². The van der Waals surface area contributed by atoms with Crippen LogP contribution in [0.2, 0.25) is 0 Å². The molecule has 1 aromatic rings. The predicted octanol–water partition coefficient (Wildman–Crippen LogP) is 1.61. The van der Waals surface area contributed by atoms with Gasteiger partial charge in [-0.2, -0.15) is 0 Å². The van der Waals surface area contributed by atoms with Gasteiger partial charge >= 0.3 is 0 Å². The summed E-state index contributed by atoms with van der Waals surface area (Å²) >= 11 is 0. The lowest BCUT2D eigenvalue weighted by Crippen LogP contribution is -2.32. The predicted molar refractivity (Wildman–Crippen MR) is 71.2 cm³/mol. The molecular formula is C12H14O4S2. The van der Waals surface area contributed by atoms with Gasteiger partial charge in [0.2, 0.25) is 0 Å². The Morgan fingerprint density at radius 3 is 2.28 bits per heavy atom. The molecule has 98 valence electrons. The summed E-state index contributed by atoms with van der Waals surface area (Å²) in [5.41, 5.74) is 0.427. The second-order valence-corrected chi connectivity index (χ2v) is 8.33. The Morgan fingerprint density at radius 2 is 1.72 bits per heavy atom. The highest BCUT2D eigenvalue weighted by Gasteiger charge is 2.36. The molecule has 1 heterocycles. The van der Waals surface area contributed by atoms with Crippen LogP contribution < -0.4 is 0 Å². The Kier molecular flexibility index (Phi) is 3.33. The van der Waals surface area contributed by atoms with Crippen LogP contribution in [0.1, 0.15) is 18.9 Å². The van der Waals surface area contributed by atoms with Gasteiger partial charge in [0.1, 0.15) is 0 Å². The molecule has 2 rings (SSSR count). The van der Waals surface area contributed by atoms with E-state index in [1.807, 2.05) is 0 Å². The SMILES string of the molecule is CCC1CS(=O)(=O)C(c2ccccc2)=CS1(=O)=O. The summed E-state index contributed by atoms with van der Waals surface area (Å²) in [6, 6.07) is 8.33. The van der Waals surface area contributed by atoms with Crippen molar-refractivity contribution in [1.29, 1.82) is 0 Å². The first-order valence-corrected chi connectivity index (χ1v) is 8.87. The van der Waals surface area contributed by atoms with Gasteiger partial charge in [-0.3, -0.25) is 0 Å². The van der Waals surface area contributed by atoms with Crippen molar-refractivity contribution in [3.63, 3.8) is 0 Å². The highest BCUT2D eigenvalue weighted by Crippen LogP contribution is 2.31. The summed E-state index contributed by atoms with van der Waals surface area (Å²) in [5, 5.41) is 0.0879. The number of benzene rings is 1. The molecule has 0 saturated heterocycles. The summed E-state index contributed by atoms with van der Waals surface area (Å²) in [6.07, 6.45) is 0.306. The molecule has 0 saturated carbocycles. The van der Waals surface area contributed by atoms with Crippen molar-refractivity contribution >= 4 is 24.6 Å². The fraction of sp³-hybridized carbons (Fsp3) is 0.333. The molecule has 1 aliphatic heterocycles. The van der Waals surface area contributed by atoms with Crippen LogP contribution >= 0.6 is 0 Å². The summed E-state index contributed by atoms with van der Waals surface area (Å²) in [4.78, 5) is -0.0900. The van der Waals surface area contributed by atoms with Gasteiger partial charge in [-0.15, -0.1) is 0 Å². The molecule has 0 amide bonds. The van der Waals surface area contributed by atoms with E-state index < -0.39 is 24.9 Å². The fourth-order valence-corrected chi connectivity index (χ4v) is 6.72. The molecule has 0 aromatic heterocycles. The molecule has 1 unspecified atom stereocenters. The van der Waals surface area contributed by atoms with Crippen molar-refractivity contribution in [3.05, 3.63) is 41.3 Å². The first-order chi connectivity index (χ1) is 8.37. The average molecular weight is 286 g/mol. The highest BCUT2D eigenvalue weighted by atomic mass is 32.2. The lowest BCUT2D eigenvalue weighted by molar-refractivity contribution is 0.578. The first kappa shape index (κ1) is 13.3. The van der Waals surface area contributed by atoms with Gasteiger partial charge < -0.3 is 0 Å². The van der Waals surface area contributed by atoms with E-state index in [2.05, 4.69) is 0 Å². The van der Waals surface area contributed by atoms with Crippen molar-refractivity contribution in [2.45, 2.75) is 18.6 Å². The molecule has 0 bridgehead atoms. The minimum Gasteiger partial charge on any atom is -0.224 e. The molecular weight excluding hydrogens is 272 g/mol. The Morgan fingerprint density at radius 1 is 1.11 bits per heavy atom. The van der Waals surface area contributed by atoms with Crippen molar-refractivity contribution < 1.29 is 16.8 Å². The van der Waals surface area contributed by atoms with Gasteiger partial charge in [-0.05, 0) is 12.0 Å². The molecule has 0 aliphatic carbocycles. The summed E-state index contributed by atoms with van der Waals surface area (Å²) < 4.78 is 48.1. The quantitative estimate of drug-likeness (QED) is 0.828. The molecule has 0 radical (unpaired) electrons. The molecule has 1 atom stereocenters. The van der Waals surface area contributed by atoms with Crippen LogP contribution in [0.3, 0.4) is 0 Å². The number of hydrogen-bond acceptors (Lipinski definition) is 4. The highest BCUT2D eigenvalue weighted by molar-refractivity contribution is 8.05. The van der Waals surface area contributed by atoms with Gasteiger partial charge in [0.05, 0.1) is 21.3 Å². The Bertz CT molecular complexity index is 670. The van der Waals surface area contributed by atoms with Crippen LogP contribution in [0.25, 0.3) is 4.91 Å². The van der Waals surface area contributed by atoms with Crippen LogP contribution in [0.5, 0.6) is 0 Å². The van der Waals surface area contributed by atoms with E-state index in [4.69, 9.17) is 0 Å². The molecule has 0 N–H and O–H groups in total. The molecule has 1 aromatic carbocycles. The number of hydrogen-bond donors (Lipinski definition) is 0. The maximum atomic E-state index is 12.1. The molecule has 0 fully saturated rings. The largest absolute Gasteiger partial charge is 0.224 e. The van der Waals surface area contributed by atoms with E-state index >= 15 is 0 Å². The molecule has 0 spiro atoms. The molecule has 6 heteroatoms. The maximum absolute atomic E-state index is 12.1. The van der Waals surface area contributed by atoms with E-state index in [0.717, 1.165) is 5.41 Å². The summed E-state index contributed by atoms with van der Waals surface area (Å²) in [6.45, 7) is 1.68. The third kappa shape index (κ3) is 2.35. The second kappa shape index (κ2) is 4.51. The van der Waals surface area contributed by atoms with Crippen molar-refractivity contribution in [1.82, 2.24) is 0 Å². The monoisotopic (exact) mass is 286 g/mol.